The molecule has 0 N–H and O–H groups in total. The normalized spacial score (nSPS) is 10.7. The van der Waals surface area contributed by atoms with Gasteiger partial charge in [0.15, 0.2) is 0 Å². The molecule has 0 unspecified atom stereocenters. The summed E-state index contributed by atoms with van der Waals surface area (Å²) in [7, 11) is 0. The summed E-state index contributed by atoms with van der Waals surface area (Å²) in [6.45, 7) is 0.602. The minimum Gasteiger partial charge on any atom is -0.428 e. The minimum atomic E-state index is -2.14. The lowest BCUT2D eigenvalue weighted by Crippen LogP contribution is -2.23. The number of hydrogen-bond donors (Lipinski definition) is 0. The van der Waals surface area contributed by atoms with Crippen LogP contribution in [0.2, 0.25) is 0 Å². The number of rotatable bonds is 2. The molecule has 4 nitrogen and oxygen atoms in total. The second-order valence-corrected chi connectivity index (χ2v) is 3.96. The molecule has 0 aromatic rings. The molecule has 0 bridgehead atoms. The molecular formula is C5H5Cl3O4. The van der Waals surface area contributed by atoms with Crippen LogP contribution >= 0.6 is 34.8 Å². The molecule has 0 heterocycles. The van der Waals surface area contributed by atoms with E-state index in [0.29, 0.717) is 0 Å². The lowest BCUT2D eigenvalue weighted by atomic mass is 10.8. The predicted octanol–water partition coefficient (Wildman–Crippen LogP) is 1.42. The summed E-state index contributed by atoms with van der Waals surface area (Å²) in [5.74, 6) is -1.68. The van der Waals surface area contributed by atoms with Gasteiger partial charge < -0.3 is 9.47 Å². The molecule has 0 saturated heterocycles. The Morgan fingerprint density at radius 2 is 1.75 bits per heavy atom. The lowest BCUT2D eigenvalue weighted by molar-refractivity contribution is -0.164. The topological polar surface area (TPSA) is 52.6 Å². The van der Waals surface area contributed by atoms with E-state index in [4.69, 9.17) is 34.8 Å². The highest BCUT2D eigenvalue weighted by Crippen LogP contribution is 2.27. The first-order valence-electron chi connectivity index (χ1n) is 2.71. The zero-order valence-corrected chi connectivity index (χ0v) is 8.24. The standard InChI is InChI=1S/C5H5Cl3O4/c1-3(9)11-2-12-4(10)5(6,7)8/h2H2,1H3. The summed E-state index contributed by atoms with van der Waals surface area (Å²) in [6, 6.07) is 0. The summed E-state index contributed by atoms with van der Waals surface area (Å²) in [5, 5.41) is 0. The molecule has 0 atom stereocenters. The number of alkyl halides is 3. The Bertz CT molecular complexity index is 186. The first-order chi connectivity index (χ1) is 5.34. The summed E-state index contributed by atoms with van der Waals surface area (Å²) in [6.07, 6.45) is 0. The van der Waals surface area contributed by atoms with Crippen LogP contribution in [0.3, 0.4) is 0 Å². The number of esters is 2. The molecule has 7 heteroatoms. The molecule has 12 heavy (non-hydrogen) atoms. The Morgan fingerprint density at radius 1 is 1.25 bits per heavy atom. The fourth-order valence-electron chi connectivity index (χ4n) is 0.248. The van der Waals surface area contributed by atoms with Gasteiger partial charge in [0.2, 0.25) is 6.79 Å². The molecule has 0 aliphatic heterocycles. The molecule has 0 rings (SSSR count). The van der Waals surface area contributed by atoms with Gasteiger partial charge in [-0.1, -0.05) is 34.8 Å². The van der Waals surface area contributed by atoms with E-state index in [0.717, 1.165) is 6.92 Å². The summed E-state index contributed by atoms with van der Waals surface area (Å²) in [4.78, 5) is 20.8. The monoisotopic (exact) mass is 234 g/mol. The van der Waals surface area contributed by atoms with Gasteiger partial charge in [-0.15, -0.1) is 0 Å². The third-order valence-electron chi connectivity index (χ3n) is 0.684. The molecule has 70 valence electrons. The molecule has 0 aliphatic carbocycles. The highest BCUT2D eigenvalue weighted by molar-refractivity contribution is 6.75. The van der Waals surface area contributed by atoms with Crippen molar-refractivity contribution in [1.82, 2.24) is 0 Å². The predicted molar refractivity (Wildman–Crippen MR) is 43.0 cm³/mol. The van der Waals surface area contributed by atoms with Crippen molar-refractivity contribution >= 4 is 46.7 Å². The molecule has 0 radical (unpaired) electrons. The fraction of sp³-hybridized carbons (Fsp3) is 0.600. The third kappa shape index (κ3) is 5.46. The average molecular weight is 235 g/mol. The highest BCUT2D eigenvalue weighted by Gasteiger charge is 2.32. The number of hydrogen-bond acceptors (Lipinski definition) is 4. The number of carbonyl (C=O) groups is 2. The van der Waals surface area contributed by atoms with E-state index in [1.165, 1.54) is 0 Å². The molecule has 0 aromatic carbocycles. The Kier molecular flexibility index (Phi) is 4.67. The van der Waals surface area contributed by atoms with E-state index in [1.54, 1.807) is 0 Å². The molecule has 0 aliphatic rings. The van der Waals surface area contributed by atoms with Gasteiger partial charge in [0.25, 0.3) is 3.79 Å². The Morgan fingerprint density at radius 3 is 2.08 bits per heavy atom. The molecule has 0 saturated carbocycles. The average Bonchev–Trinajstić information content (AvgIpc) is 1.84. The second kappa shape index (κ2) is 4.74. The van der Waals surface area contributed by atoms with Crippen LogP contribution in [0.15, 0.2) is 0 Å². The van der Waals surface area contributed by atoms with Crippen LogP contribution in [0.4, 0.5) is 0 Å². The smallest absolute Gasteiger partial charge is 0.361 e. The first-order valence-corrected chi connectivity index (χ1v) is 3.84. The van der Waals surface area contributed by atoms with Crippen LogP contribution in [0.25, 0.3) is 0 Å². The van der Waals surface area contributed by atoms with Crippen molar-refractivity contribution in [3.05, 3.63) is 0 Å². The zero-order valence-electron chi connectivity index (χ0n) is 5.97. The first kappa shape index (κ1) is 11.8. The van der Waals surface area contributed by atoms with Crippen LogP contribution in [0, 0.1) is 0 Å². The van der Waals surface area contributed by atoms with Crippen molar-refractivity contribution in [2.45, 2.75) is 10.7 Å². The molecule has 0 amide bonds. The van der Waals surface area contributed by atoms with Crippen LogP contribution in [-0.4, -0.2) is 22.5 Å². The SMILES string of the molecule is CC(=O)OCOC(=O)C(Cl)(Cl)Cl. The largest absolute Gasteiger partial charge is 0.428 e. The quantitative estimate of drug-likeness (QED) is 0.413. The Balaban J connectivity index is 3.66. The highest BCUT2D eigenvalue weighted by atomic mass is 35.6. The Hall–Kier alpha value is -0.190. The summed E-state index contributed by atoms with van der Waals surface area (Å²) >= 11 is 15.3. The van der Waals surface area contributed by atoms with Gasteiger partial charge in [0.05, 0.1) is 0 Å². The molecule has 0 fully saturated rings. The van der Waals surface area contributed by atoms with Gasteiger partial charge in [0, 0.05) is 6.92 Å². The van der Waals surface area contributed by atoms with Crippen molar-refractivity contribution in [3.8, 4) is 0 Å². The van der Waals surface area contributed by atoms with E-state index < -0.39 is 22.5 Å². The van der Waals surface area contributed by atoms with Gasteiger partial charge in [-0.25, -0.2) is 4.79 Å². The van der Waals surface area contributed by atoms with Crippen LogP contribution in [-0.2, 0) is 19.1 Å². The maximum atomic E-state index is 10.6. The van der Waals surface area contributed by atoms with Crippen molar-refractivity contribution in [3.63, 3.8) is 0 Å². The fourth-order valence-corrected chi connectivity index (χ4v) is 0.411. The number of carbonyl (C=O) groups excluding carboxylic acids is 2. The van der Waals surface area contributed by atoms with Crippen LogP contribution < -0.4 is 0 Å². The van der Waals surface area contributed by atoms with Gasteiger partial charge in [-0.3, -0.25) is 4.79 Å². The van der Waals surface area contributed by atoms with Crippen molar-refractivity contribution in [1.29, 1.82) is 0 Å². The number of ether oxygens (including phenoxy) is 2. The van der Waals surface area contributed by atoms with E-state index in [2.05, 4.69) is 9.47 Å². The Labute approximate surface area is 83.7 Å². The van der Waals surface area contributed by atoms with E-state index in [-0.39, 0.29) is 0 Å². The van der Waals surface area contributed by atoms with Crippen molar-refractivity contribution in [2.75, 3.05) is 6.79 Å². The zero-order chi connectivity index (χ0) is 9.78. The van der Waals surface area contributed by atoms with Crippen LogP contribution in [0.5, 0.6) is 0 Å². The van der Waals surface area contributed by atoms with Crippen molar-refractivity contribution < 1.29 is 19.1 Å². The molecule has 0 spiro atoms. The van der Waals surface area contributed by atoms with E-state index >= 15 is 0 Å². The van der Waals surface area contributed by atoms with Gasteiger partial charge in [0.1, 0.15) is 0 Å². The lowest BCUT2D eigenvalue weighted by Gasteiger charge is -2.09. The third-order valence-corrected chi connectivity index (χ3v) is 1.15. The summed E-state index contributed by atoms with van der Waals surface area (Å²) < 4.78 is 6.35. The van der Waals surface area contributed by atoms with Crippen LogP contribution in [0.1, 0.15) is 6.92 Å². The van der Waals surface area contributed by atoms with Gasteiger partial charge in [-0.2, -0.15) is 0 Å². The van der Waals surface area contributed by atoms with E-state index in [1.807, 2.05) is 0 Å². The minimum absolute atomic E-state index is 0.553. The van der Waals surface area contributed by atoms with Gasteiger partial charge in [-0.05, 0) is 0 Å². The maximum Gasteiger partial charge on any atom is 0.361 e. The second-order valence-electron chi connectivity index (χ2n) is 1.68. The van der Waals surface area contributed by atoms with E-state index in [9.17, 15) is 9.59 Å². The molecule has 0 aromatic heterocycles. The number of halogens is 3. The van der Waals surface area contributed by atoms with Crippen molar-refractivity contribution in [2.24, 2.45) is 0 Å². The van der Waals surface area contributed by atoms with Gasteiger partial charge >= 0.3 is 11.9 Å². The maximum absolute atomic E-state index is 10.6. The molecular weight excluding hydrogens is 230 g/mol. The summed E-state index contributed by atoms with van der Waals surface area (Å²) in [5.41, 5.74) is 0.